The standard InChI is InChI=1S/C16H16N6O2S/c1-9-3-5-11(6-4-9)14-19-21-22(20-14)10(2)15(24)18-16-12(13(17)23)7-8-25-16/h3-8,10H,1-2H3,(H2,17,23)(H,18,24). The van der Waals surface area contributed by atoms with E-state index >= 15 is 0 Å². The van der Waals surface area contributed by atoms with E-state index in [0.29, 0.717) is 10.8 Å². The molecule has 1 unspecified atom stereocenters. The van der Waals surface area contributed by atoms with Crippen molar-refractivity contribution in [3.63, 3.8) is 0 Å². The highest BCUT2D eigenvalue weighted by Gasteiger charge is 2.21. The van der Waals surface area contributed by atoms with Gasteiger partial charge in [-0.3, -0.25) is 9.59 Å². The summed E-state index contributed by atoms with van der Waals surface area (Å²) in [6.45, 7) is 3.64. The minimum atomic E-state index is -0.700. The number of carbonyl (C=O) groups excluding carboxylic acids is 2. The topological polar surface area (TPSA) is 116 Å². The van der Waals surface area contributed by atoms with Crippen LogP contribution in [0, 0.1) is 6.92 Å². The van der Waals surface area contributed by atoms with Crippen LogP contribution in [-0.4, -0.2) is 32.0 Å². The smallest absolute Gasteiger partial charge is 0.251 e. The van der Waals surface area contributed by atoms with Crippen molar-refractivity contribution in [1.29, 1.82) is 0 Å². The zero-order chi connectivity index (χ0) is 18.0. The number of hydrogen-bond acceptors (Lipinski definition) is 6. The maximum absolute atomic E-state index is 12.4. The minimum absolute atomic E-state index is 0.275. The van der Waals surface area contributed by atoms with Crippen molar-refractivity contribution in [2.75, 3.05) is 5.32 Å². The number of nitrogens with one attached hydrogen (secondary N) is 1. The first kappa shape index (κ1) is 16.8. The summed E-state index contributed by atoms with van der Waals surface area (Å²) in [4.78, 5) is 25.0. The first-order valence-electron chi connectivity index (χ1n) is 7.50. The highest BCUT2D eigenvalue weighted by molar-refractivity contribution is 7.14. The lowest BCUT2D eigenvalue weighted by Gasteiger charge is -2.10. The van der Waals surface area contributed by atoms with Gasteiger partial charge in [0.15, 0.2) is 0 Å². The van der Waals surface area contributed by atoms with Crippen LogP contribution in [0.5, 0.6) is 0 Å². The quantitative estimate of drug-likeness (QED) is 0.725. The maximum Gasteiger partial charge on any atom is 0.251 e. The molecular weight excluding hydrogens is 340 g/mol. The van der Waals surface area contributed by atoms with Gasteiger partial charge in [0.25, 0.3) is 11.8 Å². The third-order valence-corrected chi connectivity index (χ3v) is 4.46. The largest absolute Gasteiger partial charge is 0.366 e. The maximum atomic E-state index is 12.4. The molecule has 2 amide bonds. The van der Waals surface area contributed by atoms with Gasteiger partial charge < -0.3 is 11.1 Å². The molecule has 2 aromatic heterocycles. The van der Waals surface area contributed by atoms with Crippen LogP contribution in [-0.2, 0) is 4.79 Å². The molecule has 0 bridgehead atoms. The number of carbonyl (C=O) groups is 2. The molecule has 0 aliphatic carbocycles. The molecular formula is C16H16N6O2S. The van der Waals surface area contributed by atoms with E-state index in [9.17, 15) is 9.59 Å². The fourth-order valence-corrected chi connectivity index (χ4v) is 2.92. The first-order valence-corrected chi connectivity index (χ1v) is 8.38. The van der Waals surface area contributed by atoms with Crippen molar-refractivity contribution < 1.29 is 9.59 Å². The summed E-state index contributed by atoms with van der Waals surface area (Å²) in [5.41, 5.74) is 7.50. The van der Waals surface area contributed by atoms with E-state index in [4.69, 9.17) is 5.73 Å². The average molecular weight is 356 g/mol. The van der Waals surface area contributed by atoms with Crippen molar-refractivity contribution >= 4 is 28.2 Å². The number of aryl methyl sites for hydroxylation is 1. The summed E-state index contributed by atoms with van der Waals surface area (Å²) in [5.74, 6) is -0.517. The summed E-state index contributed by atoms with van der Waals surface area (Å²) in [7, 11) is 0. The van der Waals surface area contributed by atoms with E-state index in [-0.39, 0.29) is 11.5 Å². The van der Waals surface area contributed by atoms with Crippen LogP contribution < -0.4 is 11.1 Å². The highest BCUT2D eigenvalue weighted by atomic mass is 32.1. The van der Waals surface area contributed by atoms with Gasteiger partial charge in [0.2, 0.25) is 5.82 Å². The molecule has 3 N–H and O–H groups in total. The van der Waals surface area contributed by atoms with Crippen LogP contribution in [0.3, 0.4) is 0 Å². The first-order chi connectivity index (χ1) is 12.0. The lowest BCUT2D eigenvalue weighted by molar-refractivity contribution is -0.119. The number of primary amides is 1. The Kier molecular flexibility index (Phi) is 4.57. The summed E-state index contributed by atoms with van der Waals surface area (Å²) < 4.78 is 0. The predicted octanol–water partition coefficient (Wildman–Crippen LogP) is 2.01. The third-order valence-electron chi connectivity index (χ3n) is 3.63. The van der Waals surface area contributed by atoms with Crippen molar-refractivity contribution in [2.24, 2.45) is 5.73 Å². The molecule has 128 valence electrons. The summed E-state index contributed by atoms with van der Waals surface area (Å²) in [6, 6.07) is 8.56. The second kappa shape index (κ2) is 6.81. The van der Waals surface area contributed by atoms with Crippen molar-refractivity contribution in [1.82, 2.24) is 20.2 Å². The fraction of sp³-hybridized carbons (Fsp3) is 0.188. The highest BCUT2D eigenvalue weighted by Crippen LogP contribution is 2.24. The number of rotatable bonds is 5. The fourth-order valence-electron chi connectivity index (χ4n) is 2.13. The monoisotopic (exact) mass is 356 g/mol. The Morgan fingerprint density at radius 1 is 1.24 bits per heavy atom. The Morgan fingerprint density at radius 3 is 2.64 bits per heavy atom. The van der Waals surface area contributed by atoms with Crippen LogP contribution in [0.4, 0.5) is 5.00 Å². The molecule has 1 atom stereocenters. The number of thiophene rings is 1. The SMILES string of the molecule is Cc1ccc(-c2nnn(C(C)C(=O)Nc3sccc3C(N)=O)n2)cc1. The third kappa shape index (κ3) is 3.56. The van der Waals surface area contributed by atoms with Crippen molar-refractivity contribution in [2.45, 2.75) is 19.9 Å². The van der Waals surface area contributed by atoms with E-state index in [1.54, 1.807) is 18.4 Å². The Hall–Kier alpha value is -3.07. The van der Waals surface area contributed by atoms with Gasteiger partial charge in [-0.15, -0.1) is 21.5 Å². The van der Waals surface area contributed by atoms with Crippen LogP contribution in [0.2, 0.25) is 0 Å². The van der Waals surface area contributed by atoms with Gasteiger partial charge >= 0.3 is 0 Å². The van der Waals surface area contributed by atoms with Gasteiger partial charge in [-0.25, -0.2) is 0 Å². The Morgan fingerprint density at radius 2 is 1.96 bits per heavy atom. The molecule has 0 aliphatic heterocycles. The molecule has 2 heterocycles. The number of nitrogens with two attached hydrogens (primary N) is 1. The number of amides is 2. The van der Waals surface area contributed by atoms with Crippen molar-refractivity contribution in [3.05, 3.63) is 46.8 Å². The van der Waals surface area contributed by atoms with Gasteiger partial charge in [0.05, 0.1) is 5.56 Å². The lowest BCUT2D eigenvalue weighted by atomic mass is 10.1. The van der Waals surface area contributed by atoms with E-state index in [1.165, 1.54) is 16.1 Å². The zero-order valence-electron chi connectivity index (χ0n) is 13.6. The van der Waals surface area contributed by atoms with Crippen LogP contribution in [0.25, 0.3) is 11.4 Å². The second-order valence-electron chi connectivity index (χ2n) is 5.49. The van der Waals surface area contributed by atoms with Gasteiger partial charge in [0.1, 0.15) is 11.0 Å². The number of benzene rings is 1. The second-order valence-corrected chi connectivity index (χ2v) is 6.41. The summed E-state index contributed by atoms with van der Waals surface area (Å²) >= 11 is 1.22. The Balaban J connectivity index is 1.75. The molecule has 3 aromatic rings. The summed E-state index contributed by atoms with van der Waals surface area (Å²) in [5, 5.41) is 17.0. The molecule has 0 saturated heterocycles. The van der Waals surface area contributed by atoms with Gasteiger partial charge in [-0.05, 0) is 30.5 Å². The minimum Gasteiger partial charge on any atom is -0.366 e. The number of aromatic nitrogens is 4. The molecule has 0 saturated carbocycles. The van der Waals surface area contributed by atoms with Crippen LogP contribution in [0.15, 0.2) is 35.7 Å². The lowest BCUT2D eigenvalue weighted by Crippen LogP contribution is -2.26. The molecule has 25 heavy (non-hydrogen) atoms. The van der Waals surface area contributed by atoms with E-state index < -0.39 is 11.9 Å². The van der Waals surface area contributed by atoms with E-state index in [2.05, 4.69) is 20.7 Å². The molecule has 3 rings (SSSR count). The van der Waals surface area contributed by atoms with Crippen LogP contribution in [0.1, 0.15) is 28.9 Å². The molecule has 1 aromatic carbocycles. The molecule has 8 nitrogen and oxygen atoms in total. The molecule has 9 heteroatoms. The Labute approximate surface area is 147 Å². The number of hydrogen-bond donors (Lipinski definition) is 2. The van der Waals surface area contributed by atoms with E-state index in [1.807, 2.05) is 31.2 Å². The average Bonchev–Trinajstić information content (AvgIpc) is 3.24. The molecule has 0 radical (unpaired) electrons. The Bertz CT molecular complexity index is 915. The molecule has 0 spiro atoms. The number of nitrogens with zero attached hydrogens (tertiary/aromatic N) is 4. The number of tetrazole rings is 1. The van der Waals surface area contributed by atoms with Crippen molar-refractivity contribution in [3.8, 4) is 11.4 Å². The van der Waals surface area contributed by atoms with Gasteiger partial charge in [0, 0.05) is 5.56 Å². The predicted molar refractivity (Wildman–Crippen MR) is 94.2 cm³/mol. The van der Waals surface area contributed by atoms with Gasteiger partial charge in [-0.2, -0.15) is 4.80 Å². The summed E-state index contributed by atoms with van der Waals surface area (Å²) in [6.07, 6.45) is 0. The normalized spacial score (nSPS) is 11.9. The molecule has 0 aliphatic rings. The van der Waals surface area contributed by atoms with E-state index in [0.717, 1.165) is 11.1 Å². The number of anilines is 1. The molecule has 0 fully saturated rings. The zero-order valence-corrected chi connectivity index (χ0v) is 14.4. The van der Waals surface area contributed by atoms with Crippen LogP contribution >= 0.6 is 11.3 Å². The van der Waals surface area contributed by atoms with Gasteiger partial charge in [-0.1, -0.05) is 29.8 Å².